The van der Waals surface area contributed by atoms with Crippen molar-refractivity contribution in [2.24, 2.45) is 5.92 Å². The van der Waals surface area contributed by atoms with Crippen LogP contribution in [0.15, 0.2) is 24.3 Å². The third-order valence-electron chi connectivity index (χ3n) is 6.27. The molecule has 29 heavy (non-hydrogen) atoms. The molecule has 0 bridgehead atoms. The predicted molar refractivity (Wildman–Crippen MR) is 116 cm³/mol. The number of ether oxygens (including phenoxy) is 1. The van der Waals surface area contributed by atoms with Crippen LogP contribution in [0, 0.1) is 19.8 Å². The smallest absolute Gasteiger partial charge is 0.224 e. The second kappa shape index (κ2) is 9.02. The van der Waals surface area contributed by atoms with E-state index in [9.17, 15) is 4.79 Å². The molecule has 1 N–H and O–H groups in total. The van der Waals surface area contributed by atoms with Crippen LogP contribution >= 0.6 is 0 Å². The van der Waals surface area contributed by atoms with Gasteiger partial charge in [0.05, 0.1) is 19.2 Å². The van der Waals surface area contributed by atoms with E-state index in [4.69, 9.17) is 4.74 Å². The largest absolute Gasteiger partial charge is 0.496 e. The van der Waals surface area contributed by atoms with Crippen LogP contribution in [-0.4, -0.2) is 29.3 Å². The number of hydrogen-bond acceptors (Lipinski definition) is 3. The van der Waals surface area contributed by atoms with E-state index >= 15 is 0 Å². The molecule has 1 amide bonds. The van der Waals surface area contributed by atoms with Crippen LogP contribution in [0.2, 0.25) is 0 Å². The minimum Gasteiger partial charge on any atom is -0.496 e. The van der Waals surface area contributed by atoms with Gasteiger partial charge in [0.25, 0.3) is 0 Å². The van der Waals surface area contributed by atoms with Gasteiger partial charge in [-0.25, -0.2) is 0 Å². The molecule has 0 saturated heterocycles. The van der Waals surface area contributed by atoms with E-state index in [0.717, 1.165) is 42.1 Å². The Labute approximate surface area is 174 Å². The number of methoxy groups -OCH3 is 1. The van der Waals surface area contributed by atoms with E-state index in [2.05, 4.69) is 43.3 Å². The fourth-order valence-corrected chi connectivity index (χ4v) is 4.68. The Morgan fingerprint density at radius 3 is 2.59 bits per heavy atom. The number of rotatable bonds is 8. The van der Waals surface area contributed by atoms with Crippen LogP contribution in [0.5, 0.6) is 5.75 Å². The lowest BCUT2D eigenvalue weighted by atomic mass is 9.78. The molecular formula is C24H35N3O2. The summed E-state index contributed by atoms with van der Waals surface area (Å²) in [4.78, 5) is 12.9. The van der Waals surface area contributed by atoms with Gasteiger partial charge in [-0.05, 0) is 38.7 Å². The highest BCUT2D eigenvalue weighted by Crippen LogP contribution is 2.44. The number of para-hydroxylation sites is 1. The Balaban J connectivity index is 1.72. The van der Waals surface area contributed by atoms with E-state index in [1.165, 1.54) is 18.4 Å². The summed E-state index contributed by atoms with van der Waals surface area (Å²) >= 11 is 0. The standard InChI is InChI=1S/C24H35N3O2/c1-17(2)15-27-19(4)20(18(3)26-27)14-23(28)25-16-24(12-8-9-13-24)21-10-6-7-11-22(21)29-5/h6-7,10-11,17H,8-9,12-16H2,1-5H3,(H,25,28). The monoisotopic (exact) mass is 397 g/mol. The Morgan fingerprint density at radius 1 is 1.24 bits per heavy atom. The first kappa shape index (κ1) is 21.4. The van der Waals surface area contributed by atoms with Gasteiger partial charge >= 0.3 is 0 Å². The van der Waals surface area contributed by atoms with Crippen LogP contribution in [0.3, 0.4) is 0 Å². The Morgan fingerprint density at radius 2 is 1.93 bits per heavy atom. The van der Waals surface area contributed by atoms with Gasteiger partial charge in [0, 0.05) is 35.3 Å². The average molecular weight is 398 g/mol. The maximum Gasteiger partial charge on any atom is 0.224 e. The fourth-order valence-electron chi connectivity index (χ4n) is 4.68. The summed E-state index contributed by atoms with van der Waals surface area (Å²) in [6, 6.07) is 8.24. The molecule has 0 atom stereocenters. The number of benzene rings is 1. The summed E-state index contributed by atoms with van der Waals surface area (Å²) in [5.74, 6) is 1.52. The number of nitrogens with one attached hydrogen (secondary N) is 1. The van der Waals surface area contributed by atoms with Gasteiger partial charge in [0.1, 0.15) is 5.75 Å². The first-order valence-corrected chi connectivity index (χ1v) is 10.8. The maximum absolute atomic E-state index is 12.9. The van der Waals surface area contributed by atoms with Crippen molar-refractivity contribution in [1.82, 2.24) is 15.1 Å². The van der Waals surface area contributed by atoms with Crippen molar-refractivity contribution in [2.75, 3.05) is 13.7 Å². The molecule has 1 heterocycles. The molecule has 1 aliphatic carbocycles. The normalized spacial score (nSPS) is 15.7. The van der Waals surface area contributed by atoms with E-state index in [-0.39, 0.29) is 11.3 Å². The molecule has 1 saturated carbocycles. The lowest BCUT2D eigenvalue weighted by Crippen LogP contribution is -2.40. The fraction of sp³-hybridized carbons (Fsp3) is 0.583. The first-order chi connectivity index (χ1) is 13.9. The summed E-state index contributed by atoms with van der Waals surface area (Å²) < 4.78 is 7.66. The number of carbonyl (C=O) groups excluding carboxylic acids is 1. The van der Waals surface area contributed by atoms with Crippen molar-refractivity contribution in [1.29, 1.82) is 0 Å². The Hall–Kier alpha value is -2.30. The topological polar surface area (TPSA) is 56.1 Å². The van der Waals surface area contributed by atoms with Crippen LogP contribution in [0.4, 0.5) is 0 Å². The molecule has 0 aliphatic heterocycles. The molecular weight excluding hydrogens is 362 g/mol. The minimum absolute atomic E-state index is 0.0336. The van der Waals surface area contributed by atoms with Gasteiger partial charge in [-0.2, -0.15) is 5.10 Å². The molecule has 0 unspecified atom stereocenters. The molecule has 1 fully saturated rings. The molecule has 0 spiro atoms. The maximum atomic E-state index is 12.9. The van der Waals surface area contributed by atoms with Gasteiger partial charge in [-0.1, -0.05) is 44.9 Å². The van der Waals surface area contributed by atoms with Crippen LogP contribution in [0.25, 0.3) is 0 Å². The highest BCUT2D eigenvalue weighted by molar-refractivity contribution is 5.79. The summed E-state index contributed by atoms with van der Waals surface area (Å²) in [5.41, 5.74) is 4.30. The molecule has 3 rings (SSSR count). The highest BCUT2D eigenvalue weighted by Gasteiger charge is 2.38. The molecule has 5 heteroatoms. The van der Waals surface area contributed by atoms with Crippen LogP contribution < -0.4 is 10.1 Å². The SMILES string of the molecule is COc1ccccc1C1(CNC(=O)Cc2c(C)nn(CC(C)C)c2C)CCCC1. The van der Waals surface area contributed by atoms with E-state index in [1.54, 1.807) is 7.11 Å². The summed E-state index contributed by atoms with van der Waals surface area (Å²) in [7, 11) is 1.72. The molecule has 2 aromatic rings. The molecule has 158 valence electrons. The van der Waals surface area contributed by atoms with E-state index in [0.29, 0.717) is 18.9 Å². The molecule has 1 aliphatic rings. The van der Waals surface area contributed by atoms with Gasteiger partial charge < -0.3 is 10.1 Å². The molecule has 0 radical (unpaired) electrons. The van der Waals surface area contributed by atoms with Crippen molar-refractivity contribution >= 4 is 5.91 Å². The summed E-state index contributed by atoms with van der Waals surface area (Å²) in [5, 5.41) is 7.88. The highest BCUT2D eigenvalue weighted by atomic mass is 16.5. The van der Waals surface area contributed by atoms with E-state index < -0.39 is 0 Å². The number of amides is 1. The quantitative estimate of drug-likeness (QED) is 0.721. The van der Waals surface area contributed by atoms with Crippen molar-refractivity contribution < 1.29 is 9.53 Å². The third kappa shape index (κ3) is 4.65. The molecule has 1 aromatic heterocycles. The first-order valence-electron chi connectivity index (χ1n) is 10.8. The predicted octanol–water partition coefficient (Wildman–Crippen LogP) is 4.34. The number of aromatic nitrogens is 2. The summed E-state index contributed by atoms with van der Waals surface area (Å²) in [6.45, 7) is 9.97. The van der Waals surface area contributed by atoms with Gasteiger partial charge in [0.15, 0.2) is 0 Å². The second-order valence-electron chi connectivity index (χ2n) is 8.87. The second-order valence-corrected chi connectivity index (χ2v) is 8.87. The van der Waals surface area contributed by atoms with Crippen molar-refractivity contribution in [2.45, 2.75) is 71.8 Å². The van der Waals surface area contributed by atoms with E-state index in [1.807, 2.05) is 23.7 Å². The number of nitrogens with zero attached hydrogens (tertiary/aromatic N) is 2. The molecule has 5 nitrogen and oxygen atoms in total. The van der Waals surface area contributed by atoms with Gasteiger partial charge in [-0.3, -0.25) is 9.48 Å². The summed E-state index contributed by atoms with van der Waals surface area (Å²) in [6.07, 6.45) is 4.93. The lowest BCUT2D eigenvalue weighted by molar-refractivity contribution is -0.120. The van der Waals surface area contributed by atoms with Crippen LogP contribution in [0.1, 0.15) is 62.0 Å². The van der Waals surface area contributed by atoms with Gasteiger partial charge in [-0.15, -0.1) is 0 Å². The number of aryl methyl sites for hydroxylation is 1. The van der Waals surface area contributed by atoms with Crippen molar-refractivity contribution in [3.63, 3.8) is 0 Å². The van der Waals surface area contributed by atoms with Crippen LogP contribution in [-0.2, 0) is 23.2 Å². The Bertz CT molecular complexity index is 848. The lowest BCUT2D eigenvalue weighted by Gasteiger charge is -2.31. The third-order valence-corrected chi connectivity index (χ3v) is 6.27. The zero-order valence-electron chi connectivity index (χ0n) is 18.5. The zero-order chi connectivity index (χ0) is 21.0. The zero-order valence-corrected chi connectivity index (χ0v) is 18.5. The number of carbonyl (C=O) groups is 1. The average Bonchev–Trinajstić information content (AvgIpc) is 3.27. The van der Waals surface area contributed by atoms with Gasteiger partial charge in [0.2, 0.25) is 5.91 Å². The van der Waals surface area contributed by atoms with Crippen molar-refractivity contribution in [3.05, 3.63) is 46.8 Å². The molecule has 1 aromatic carbocycles. The minimum atomic E-state index is -0.0336. The van der Waals surface area contributed by atoms with Crippen molar-refractivity contribution in [3.8, 4) is 5.75 Å². The number of hydrogen-bond donors (Lipinski definition) is 1. The Kier molecular flexibility index (Phi) is 6.66.